The van der Waals surface area contributed by atoms with Crippen LogP contribution in [0.2, 0.25) is 0 Å². The lowest BCUT2D eigenvalue weighted by molar-refractivity contribution is 0.286. The summed E-state index contributed by atoms with van der Waals surface area (Å²) in [4.78, 5) is 0.291. The van der Waals surface area contributed by atoms with Gasteiger partial charge in [-0.1, -0.05) is 12.1 Å². The van der Waals surface area contributed by atoms with Gasteiger partial charge in [-0.05, 0) is 61.2 Å². The number of benzene rings is 2. The second kappa shape index (κ2) is 8.51. The molecule has 1 heterocycles. The number of hydrogen-bond donors (Lipinski definition) is 1. The van der Waals surface area contributed by atoms with Crippen molar-refractivity contribution in [3.63, 3.8) is 0 Å². The SMILES string of the molecule is CCOc1cc2c(cc1OCC)C(c1ccc(S(=O)(=O)N(C)C)cc1)NCC2. The van der Waals surface area contributed by atoms with E-state index >= 15 is 0 Å². The van der Waals surface area contributed by atoms with Crippen LogP contribution in [0, 0.1) is 0 Å². The van der Waals surface area contributed by atoms with E-state index in [9.17, 15) is 8.42 Å². The van der Waals surface area contributed by atoms with E-state index in [1.54, 1.807) is 12.1 Å². The van der Waals surface area contributed by atoms with Gasteiger partial charge in [-0.3, -0.25) is 0 Å². The van der Waals surface area contributed by atoms with Crippen molar-refractivity contribution in [2.75, 3.05) is 33.9 Å². The first-order valence-corrected chi connectivity index (χ1v) is 11.0. The minimum atomic E-state index is -3.43. The maximum Gasteiger partial charge on any atom is 0.242 e. The Morgan fingerprint density at radius 3 is 2.21 bits per heavy atom. The predicted molar refractivity (Wildman–Crippen MR) is 110 cm³/mol. The molecule has 0 aliphatic carbocycles. The van der Waals surface area contributed by atoms with Crippen LogP contribution in [0.5, 0.6) is 11.5 Å². The molecular formula is C21H28N2O4S. The summed E-state index contributed by atoms with van der Waals surface area (Å²) in [6.45, 7) is 5.91. The van der Waals surface area contributed by atoms with Crippen molar-refractivity contribution in [3.8, 4) is 11.5 Å². The summed E-state index contributed by atoms with van der Waals surface area (Å²) in [7, 11) is -0.364. The molecule has 2 aromatic carbocycles. The number of hydrogen-bond acceptors (Lipinski definition) is 5. The van der Waals surface area contributed by atoms with Crippen LogP contribution in [0.1, 0.15) is 36.6 Å². The molecule has 7 heteroatoms. The van der Waals surface area contributed by atoms with E-state index in [0.717, 1.165) is 35.6 Å². The molecule has 28 heavy (non-hydrogen) atoms. The van der Waals surface area contributed by atoms with E-state index in [0.29, 0.717) is 18.1 Å². The fraction of sp³-hybridized carbons (Fsp3) is 0.429. The zero-order chi connectivity index (χ0) is 20.3. The Hall–Kier alpha value is -2.09. The van der Waals surface area contributed by atoms with Crippen LogP contribution in [0.15, 0.2) is 41.3 Å². The molecule has 1 aliphatic rings. The molecule has 0 aromatic heterocycles. The molecule has 0 radical (unpaired) electrons. The quantitative estimate of drug-likeness (QED) is 0.768. The zero-order valence-corrected chi connectivity index (χ0v) is 17.7. The van der Waals surface area contributed by atoms with Gasteiger partial charge in [-0.2, -0.15) is 0 Å². The van der Waals surface area contributed by atoms with E-state index in [2.05, 4.69) is 11.4 Å². The normalized spacial score (nSPS) is 16.7. The highest BCUT2D eigenvalue weighted by molar-refractivity contribution is 7.89. The summed E-state index contributed by atoms with van der Waals surface area (Å²) in [5.74, 6) is 1.51. The van der Waals surface area contributed by atoms with E-state index in [1.165, 1.54) is 24.0 Å². The number of nitrogens with zero attached hydrogens (tertiary/aromatic N) is 1. The largest absolute Gasteiger partial charge is 0.490 e. The fourth-order valence-electron chi connectivity index (χ4n) is 3.44. The smallest absolute Gasteiger partial charge is 0.242 e. The van der Waals surface area contributed by atoms with E-state index in [1.807, 2.05) is 32.0 Å². The zero-order valence-electron chi connectivity index (χ0n) is 16.9. The lowest BCUT2D eigenvalue weighted by Gasteiger charge is -2.29. The van der Waals surface area contributed by atoms with Gasteiger partial charge in [-0.25, -0.2) is 12.7 Å². The van der Waals surface area contributed by atoms with Crippen molar-refractivity contribution >= 4 is 10.0 Å². The molecule has 0 spiro atoms. The van der Waals surface area contributed by atoms with Crippen LogP contribution in [0.25, 0.3) is 0 Å². The molecule has 2 aromatic rings. The van der Waals surface area contributed by atoms with Crippen molar-refractivity contribution in [2.24, 2.45) is 0 Å². The average Bonchev–Trinajstić information content (AvgIpc) is 2.68. The molecule has 0 saturated heterocycles. The maximum absolute atomic E-state index is 12.3. The molecule has 6 nitrogen and oxygen atoms in total. The second-order valence-electron chi connectivity index (χ2n) is 6.86. The Morgan fingerprint density at radius 1 is 1.04 bits per heavy atom. The third-order valence-electron chi connectivity index (χ3n) is 4.85. The highest BCUT2D eigenvalue weighted by Gasteiger charge is 2.25. The maximum atomic E-state index is 12.3. The van der Waals surface area contributed by atoms with Crippen molar-refractivity contribution in [3.05, 3.63) is 53.1 Å². The summed E-state index contributed by atoms with van der Waals surface area (Å²) < 4.78 is 37.4. The van der Waals surface area contributed by atoms with Crippen molar-refractivity contribution in [1.29, 1.82) is 0 Å². The summed E-state index contributed by atoms with van der Waals surface area (Å²) in [5, 5.41) is 3.54. The predicted octanol–water partition coefficient (Wildman–Crippen LogP) is 2.97. The second-order valence-corrected chi connectivity index (χ2v) is 9.01. The Labute approximate surface area is 167 Å². The summed E-state index contributed by atoms with van der Waals surface area (Å²) >= 11 is 0. The molecule has 1 N–H and O–H groups in total. The Morgan fingerprint density at radius 2 is 1.64 bits per heavy atom. The number of fused-ring (bicyclic) bond motifs is 1. The molecule has 3 rings (SSSR count). The van der Waals surface area contributed by atoms with Gasteiger partial charge >= 0.3 is 0 Å². The lowest BCUT2D eigenvalue weighted by atomic mass is 9.89. The van der Waals surface area contributed by atoms with Crippen molar-refractivity contribution in [2.45, 2.75) is 31.2 Å². The van der Waals surface area contributed by atoms with Crippen LogP contribution >= 0.6 is 0 Å². The molecule has 0 amide bonds. The highest BCUT2D eigenvalue weighted by Crippen LogP contribution is 2.38. The molecular weight excluding hydrogens is 376 g/mol. The third kappa shape index (κ3) is 4.01. The monoisotopic (exact) mass is 404 g/mol. The van der Waals surface area contributed by atoms with Gasteiger partial charge in [0.25, 0.3) is 0 Å². The molecule has 1 aliphatic heterocycles. The Kier molecular flexibility index (Phi) is 6.27. The van der Waals surface area contributed by atoms with Crippen LogP contribution in [0.4, 0.5) is 0 Å². The minimum absolute atomic E-state index is 0.0188. The van der Waals surface area contributed by atoms with E-state index in [-0.39, 0.29) is 6.04 Å². The molecule has 152 valence electrons. The van der Waals surface area contributed by atoms with E-state index < -0.39 is 10.0 Å². The molecule has 0 bridgehead atoms. The number of rotatable bonds is 7. The minimum Gasteiger partial charge on any atom is -0.490 e. The van der Waals surface area contributed by atoms with E-state index in [4.69, 9.17) is 9.47 Å². The third-order valence-corrected chi connectivity index (χ3v) is 6.68. The van der Waals surface area contributed by atoms with Gasteiger partial charge in [0.2, 0.25) is 10.0 Å². The first-order valence-electron chi connectivity index (χ1n) is 9.56. The molecule has 1 atom stereocenters. The first-order chi connectivity index (χ1) is 13.4. The van der Waals surface area contributed by atoms with Gasteiger partial charge < -0.3 is 14.8 Å². The van der Waals surface area contributed by atoms with Crippen LogP contribution in [-0.2, 0) is 16.4 Å². The van der Waals surface area contributed by atoms with Gasteiger partial charge in [0.05, 0.1) is 24.2 Å². The van der Waals surface area contributed by atoms with Gasteiger partial charge in [-0.15, -0.1) is 0 Å². The van der Waals surface area contributed by atoms with Gasteiger partial charge in [0.1, 0.15) is 0 Å². The molecule has 0 fully saturated rings. The summed E-state index contributed by atoms with van der Waals surface area (Å²) in [6.07, 6.45) is 0.908. The number of ether oxygens (including phenoxy) is 2. The van der Waals surface area contributed by atoms with Gasteiger partial charge in [0.15, 0.2) is 11.5 Å². The number of nitrogens with one attached hydrogen (secondary N) is 1. The molecule has 0 saturated carbocycles. The van der Waals surface area contributed by atoms with Crippen LogP contribution in [-0.4, -0.2) is 46.6 Å². The van der Waals surface area contributed by atoms with Crippen LogP contribution < -0.4 is 14.8 Å². The van der Waals surface area contributed by atoms with Crippen molar-refractivity contribution < 1.29 is 17.9 Å². The lowest BCUT2D eigenvalue weighted by Crippen LogP contribution is -2.30. The van der Waals surface area contributed by atoms with Crippen molar-refractivity contribution in [1.82, 2.24) is 9.62 Å². The Bertz CT molecular complexity index is 924. The number of sulfonamides is 1. The average molecular weight is 405 g/mol. The topological polar surface area (TPSA) is 67.9 Å². The fourth-order valence-corrected chi connectivity index (χ4v) is 4.34. The standard InChI is InChI=1S/C21H28N2O4S/c1-5-26-19-13-16-11-12-22-21(18(16)14-20(19)27-6-2)15-7-9-17(10-8-15)28(24,25)23(3)4/h7-10,13-14,21-22H,5-6,11-12H2,1-4H3. The Balaban J connectivity index is 1.98. The summed E-state index contributed by atoms with van der Waals surface area (Å²) in [5.41, 5.74) is 3.38. The highest BCUT2D eigenvalue weighted by atomic mass is 32.2. The summed E-state index contributed by atoms with van der Waals surface area (Å²) in [6, 6.07) is 11.2. The first kappa shape index (κ1) is 20.6. The van der Waals surface area contributed by atoms with Crippen LogP contribution in [0.3, 0.4) is 0 Å². The van der Waals surface area contributed by atoms with Gasteiger partial charge in [0, 0.05) is 20.6 Å². The molecule has 1 unspecified atom stereocenters.